The number of ether oxygens (including phenoxy) is 1. The highest BCUT2D eigenvalue weighted by Gasteiger charge is 2.21. The molecule has 1 aliphatic heterocycles. The van der Waals surface area contributed by atoms with Crippen molar-refractivity contribution in [1.82, 2.24) is 14.5 Å². The van der Waals surface area contributed by atoms with Gasteiger partial charge < -0.3 is 9.30 Å². The van der Waals surface area contributed by atoms with E-state index in [4.69, 9.17) is 4.74 Å². The van der Waals surface area contributed by atoms with Gasteiger partial charge in [-0.3, -0.25) is 4.90 Å². The van der Waals surface area contributed by atoms with Crippen LogP contribution in [0.5, 0.6) is 0 Å². The van der Waals surface area contributed by atoms with Gasteiger partial charge in [-0.05, 0) is 18.4 Å². The lowest BCUT2D eigenvalue weighted by Gasteiger charge is -2.32. The van der Waals surface area contributed by atoms with Crippen LogP contribution in [0.1, 0.15) is 17.8 Å². The molecule has 4 heteroatoms. The summed E-state index contributed by atoms with van der Waals surface area (Å²) in [5.41, 5.74) is 1.39. The fraction of sp³-hybridized carbons (Fsp3) is 0.471. The van der Waals surface area contributed by atoms with Crippen LogP contribution in [-0.4, -0.2) is 40.3 Å². The maximum Gasteiger partial charge on any atom is 0.122 e. The summed E-state index contributed by atoms with van der Waals surface area (Å²) in [6.07, 6.45) is 6.37. The van der Waals surface area contributed by atoms with E-state index in [1.54, 1.807) is 0 Å². The molecule has 0 spiro atoms. The molecular weight excluding hydrogens is 262 g/mol. The van der Waals surface area contributed by atoms with Crippen molar-refractivity contribution >= 4 is 0 Å². The Kier molecular flexibility index (Phi) is 4.68. The molecule has 2 aromatic rings. The van der Waals surface area contributed by atoms with E-state index in [2.05, 4.69) is 51.8 Å². The molecule has 3 rings (SSSR count). The van der Waals surface area contributed by atoms with Gasteiger partial charge in [0.05, 0.1) is 19.3 Å². The molecule has 1 saturated heterocycles. The van der Waals surface area contributed by atoms with E-state index in [0.717, 1.165) is 44.9 Å². The summed E-state index contributed by atoms with van der Waals surface area (Å²) >= 11 is 0. The second kappa shape index (κ2) is 6.87. The first-order chi connectivity index (χ1) is 10.3. The van der Waals surface area contributed by atoms with Gasteiger partial charge in [-0.15, -0.1) is 0 Å². The summed E-state index contributed by atoms with van der Waals surface area (Å²) in [5.74, 6) is 1.12. The van der Waals surface area contributed by atoms with Gasteiger partial charge in [-0.2, -0.15) is 0 Å². The normalized spacial score (nSPS) is 19.8. The molecule has 0 aliphatic carbocycles. The number of aromatic nitrogens is 2. The summed E-state index contributed by atoms with van der Waals surface area (Å²) < 4.78 is 8.00. The van der Waals surface area contributed by atoms with E-state index in [0.29, 0.717) is 6.10 Å². The first kappa shape index (κ1) is 14.3. The highest BCUT2D eigenvalue weighted by Crippen LogP contribution is 2.14. The van der Waals surface area contributed by atoms with Crippen LogP contribution in [-0.2, 0) is 24.8 Å². The number of rotatable bonds is 5. The van der Waals surface area contributed by atoms with Gasteiger partial charge in [0.15, 0.2) is 0 Å². The number of hydrogen-bond acceptors (Lipinski definition) is 3. The van der Waals surface area contributed by atoms with E-state index in [1.165, 1.54) is 5.56 Å². The van der Waals surface area contributed by atoms with E-state index in [1.807, 2.05) is 12.4 Å². The number of aryl methyl sites for hydroxylation is 2. The lowest BCUT2D eigenvalue weighted by molar-refractivity contribution is -0.0355. The lowest BCUT2D eigenvalue weighted by Crippen LogP contribution is -2.42. The monoisotopic (exact) mass is 285 g/mol. The third kappa shape index (κ3) is 3.93. The molecule has 21 heavy (non-hydrogen) atoms. The van der Waals surface area contributed by atoms with E-state index >= 15 is 0 Å². The quantitative estimate of drug-likeness (QED) is 0.844. The minimum atomic E-state index is 0.333. The Morgan fingerprint density at radius 3 is 2.90 bits per heavy atom. The first-order valence-electron chi connectivity index (χ1n) is 7.65. The molecule has 1 fully saturated rings. The molecule has 0 amide bonds. The van der Waals surface area contributed by atoms with E-state index in [-0.39, 0.29) is 0 Å². The molecular formula is C17H23N3O. The highest BCUT2D eigenvalue weighted by molar-refractivity contribution is 5.14. The predicted octanol–water partition coefficient (Wildman–Crippen LogP) is 2.25. The zero-order valence-corrected chi connectivity index (χ0v) is 12.6. The number of imidazole rings is 1. The van der Waals surface area contributed by atoms with E-state index < -0.39 is 0 Å². The fourth-order valence-electron chi connectivity index (χ4n) is 2.82. The largest absolute Gasteiger partial charge is 0.376 e. The Morgan fingerprint density at radius 1 is 1.29 bits per heavy atom. The maximum atomic E-state index is 5.91. The molecule has 1 atom stereocenters. The molecule has 1 aromatic heterocycles. The molecule has 112 valence electrons. The molecule has 2 heterocycles. The van der Waals surface area contributed by atoms with Gasteiger partial charge in [-0.1, -0.05) is 30.3 Å². The Balaban J connectivity index is 1.50. The predicted molar refractivity (Wildman–Crippen MR) is 83.0 cm³/mol. The van der Waals surface area contributed by atoms with Crippen LogP contribution < -0.4 is 0 Å². The standard InChI is InChI=1S/C17H23N3O/c1-19-10-9-18-17(19)14-20-11-12-21-16(13-20)8-7-15-5-3-2-4-6-15/h2-6,9-10,16H,7-8,11-14H2,1H3. The zero-order chi connectivity index (χ0) is 14.5. The summed E-state index contributed by atoms with van der Waals surface area (Å²) in [7, 11) is 2.05. The van der Waals surface area contributed by atoms with Crippen molar-refractivity contribution in [2.75, 3.05) is 19.7 Å². The first-order valence-corrected chi connectivity index (χ1v) is 7.65. The van der Waals surface area contributed by atoms with Crippen LogP contribution in [0.15, 0.2) is 42.7 Å². The average molecular weight is 285 g/mol. The summed E-state index contributed by atoms with van der Waals surface area (Å²) in [5, 5.41) is 0. The molecule has 0 radical (unpaired) electrons. The lowest BCUT2D eigenvalue weighted by atomic mass is 10.1. The summed E-state index contributed by atoms with van der Waals surface area (Å²) in [4.78, 5) is 6.85. The van der Waals surface area contributed by atoms with Crippen LogP contribution >= 0.6 is 0 Å². The van der Waals surface area contributed by atoms with Crippen LogP contribution in [0.4, 0.5) is 0 Å². The van der Waals surface area contributed by atoms with Crippen molar-refractivity contribution in [1.29, 1.82) is 0 Å². The molecule has 1 aromatic carbocycles. The molecule has 1 unspecified atom stereocenters. The van der Waals surface area contributed by atoms with Crippen molar-refractivity contribution in [3.63, 3.8) is 0 Å². The van der Waals surface area contributed by atoms with Gasteiger partial charge in [0.1, 0.15) is 5.82 Å². The summed E-state index contributed by atoms with van der Waals surface area (Å²) in [6.45, 7) is 3.73. The van der Waals surface area contributed by atoms with Crippen molar-refractivity contribution in [3.05, 3.63) is 54.1 Å². The third-order valence-corrected chi connectivity index (χ3v) is 4.11. The number of nitrogens with zero attached hydrogens (tertiary/aromatic N) is 3. The van der Waals surface area contributed by atoms with Gasteiger partial charge in [-0.25, -0.2) is 4.98 Å². The maximum absolute atomic E-state index is 5.91. The average Bonchev–Trinajstić information content (AvgIpc) is 2.92. The van der Waals surface area contributed by atoms with Crippen LogP contribution in [0.2, 0.25) is 0 Å². The van der Waals surface area contributed by atoms with Gasteiger partial charge >= 0.3 is 0 Å². The smallest absolute Gasteiger partial charge is 0.122 e. The van der Waals surface area contributed by atoms with Crippen LogP contribution in [0.3, 0.4) is 0 Å². The number of benzene rings is 1. The Morgan fingerprint density at radius 2 is 2.14 bits per heavy atom. The second-order valence-corrected chi connectivity index (χ2v) is 5.71. The molecule has 0 N–H and O–H groups in total. The van der Waals surface area contributed by atoms with E-state index in [9.17, 15) is 0 Å². The third-order valence-electron chi connectivity index (χ3n) is 4.11. The van der Waals surface area contributed by atoms with Crippen LogP contribution in [0, 0.1) is 0 Å². The Bertz CT molecular complexity index is 552. The molecule has 0 saturated carbocycles. The SMILES string of the molecule is Cn1ccnc1CN1CCOC(CCc2ccccc2)C1. The van der Waals surface area contributed by atoms with Crippen molar-refractivity contribution in [2.24, 2.45) is 7.05 Å². The topological polar surface area (TPSA) is 30.3 Å². The van der Waals surface area contributed by atoms with Crippen molar-refractivity contribution in [3.8, 4) is 0 Å². The number of hydrogen-bond donors (Lipinski definition) is 0. The zero-order valence-electron chi connectivity index (χ0n) is 12.6. The Labute approximate surface area is 126 Å². The van der Waals surface area contributed by atoms with Gasteiger partial charge in [0.2, 0.25) is 0 Å². The molecule has 1 aliphatic rings. The van der Waals surface area contributed by atoms with Gasteiger partial charge in [0.25, 0.3) is 0 Å². The Hall–Kier alpha value is -1.65. The summed E-state index contributed by atoms with van der Waals surface area (Å²) in [6, 6.07) is 10.6. The van der Waals surface area contributed by atoms with Crippen molar-refractivity contribution < 1.29 is 4.74 Å². The minimum absolute atomic E-state index is 0.333. The molecule has 0 bridgehead atoms. The molecule has 4 nitrogen and oxygen atoms in total. The highest BCUT2D eigenvalue weighted by atomic mass is 16.5. The van der Waals surface area contributed by atoms with Crippen molar-refractivity contribution in [2.45, 2.75) is 25.5 Å². The number of morpholine rings is 1. The van der Waals surface area contributed by atoms with Gasteiger partial charge in [0, 0.05) is 32.5 Å². The van der Waals surface area contributed by atoms with Crippen LogP contribution in [0.25, 0.3) is 0 Å². The second-order valence-electron chi connectivity index (χ2n) is 5.71. The fourth-order valence-corrected chi connectivity index (χ4v) is 2.82. The minimum Gasteiger partial charge on any atom is -0.376 e.